The number of hydrogen-bond acceptors (Lipinski definition) is 8. The molecule has 12 nitrogen and oxygen atoms in total. The van der Waals surface area contributed by atoms with Crippen LogP contribution in [0.3, 0.4) is 0 Å². The van der Waals surface area contributed by atoms with Crippen molar-refractivity contribution in [1.82, 2.24) is 20.9 Å². The molecule has 4 atom stereocenters. The van der Waals surface area contributed by atoms with Gasteiger partial charge in [0.15, 0.2) is 11.7 Å². The minimum Gasteiger partial charge on any atom is -0.693 e. The van der Waals surface area contributed by atoms with Crippen LogP contribution >= 0.6 is 11.8 Å². The van der Waals surface area contributed by atoms with Crippen LogP contribution in [-0.2, 0) is 51.9 Å². The summed E-state index contributed by atoms with van der Waals surface area (Å²) in [5, 5.41) is 9.14. The molecule has 1 aliphatic rings. The normalized spacial score (nSPS) is 21.1. The van der Waals surface area contributed by atoms with Gasteiger partial charge >= 0.3 is 0 Å². The molecule has 14 heteroatoms. The Morgan fingerprint density at radius 2 is 1.97 bits per heavy atom. The maximum Gasteiger partial charge on any atom is 0.230 e. The maximum absolute atomic E-state index is 13.1. The monoisotopic (exact) mass is 617 g/mol. The Hall–Kier alpha value is -1.12. The number of likely N-dealkylation sites (N-methyl/N-ethyl adjacent to an activating group) is 1. The number of guanidine groups is 1. The summed E-state index contributed by atoms with van der Waals surface area (Å²) in [6.07, 6.45) is 4.91. The fraction of sp³-hybridized carbons (Fsp3) is 0.783. The van der Waals surface area contributed by atoms with Gasteiger partial charge in [-0.1, -0.05) is 32.7 Å². The molecular weight excluding hydrogens is 573 g/mol. The number of carbonyl (C=O) groups is 3. The largest absolute Gasteiger partial charge is 0.693 e. The second-order valence-electron chi connectivity index (χ2n) is 8.93. The average molecular weight is 618 g/mol. The summed E-state index contributed by atoms with van der Waals surface area (Å²) in [7, 11) is 1.71. The predicted octanol–water partition coefficient (Wildman–Crippen LogP) is -0.134. The minimum absolute atomic E-state index is 0. The van der Waals surface area contributed by atoms with E-state index in [2.05, 4.69) is 34.8 Å². The summed E-state index contributed by atoms with van der Waals surface area (Å²) in [6, 6.07) is -1.06. The number of rotatable bonds is 11. The number of Topliss-reactive ketones (excluding diaryl/α,β-unsaturated/α-hetero) is 1. The van der Waals surface area contributed by atoms with Gasteiger partial charge in [-0.2, -0.15) is 0 Å². The van der Waals surface area contributed by atoms with Crippen molar-refractivity contribution in [3.8, 4) is 0 Å². The van der Waals surface area contributed by atoms with Crippen LogP contribution in [0.5, 0.6) is 0 Å². The minimum atomic E-state index is -0.546. The molecule has 0 unspecified atom stereocenters. The van der Waals surface area contributed by atoms with E-state index in [9.17, 15) is 19.2 Å². The Labute approximate surface area is 250 Å². The van der Waals surface area contributed by atoms with E-state index in [1.807, 2.05) is 6.29 Å². The van der Waals surface area contributed by atoms with Gasteiger partial charge < -0.3 is 43.3 Å². The third kappa shape index (κ3) is 16.5. The van der Waals surface area contributed by atoms with Gasteiger partial charge in [-0.15, -0.1) is 11.8 Å². The van der Waals surface area contributed by atoms with Crippen LogP contribution in [0.25, 0.3) is 6.15 Å². The van der Waals surface area contributed by atoms with Gasteiger partial charge in [0.05, 0.1) is 18.3 Å². The molecule has 1 radical (unpaired) electrons. The summed E-state index contributed by atoms with van der Waals surface area (Å²) in [5.41, 5.74) is 10.6. The van der Waals surface area contributed by atoms with Crippen molar-refractivity contribution < 1.29 is 51.9 Å². The van der Waals surface area contributed by atoms with Gasteiger partial charge in [0.25, 0.3) is 0 Å². The molecule has 0 saturated carbocycles. The van der Waals surface area contributed by atoms with Crippen LogP contribution in [0.4, 0.5) is 0 Å². The van der Waals surface area contributed by atoms with Crippen LogP contribution in [0.15, 0.2) is 4.99 Å². The smallest absolute Gasteiger partial charge is 0.230 e. The summed E-state index contributed by atoms with van der Waals surface area (Å²) in [5.74, 6) is 0.584. The number of nitrogens with two attached hydrogens (primary N) is 3. The van der Waals surface area contributed by atoms with E-state index in [4.69, 9.17) is 11.5 Å². The SMILES string of the molecule is CC[C@H](C)[C@H]1CCN[C@H](C(=O)CN(C)[C@H]([C-]=O)CCCN=C(N)N)CSCC(=O)NCCC(=O)N1.[NH2-].[Y]. The van der Waals surface area contributed by atoms with E-state index in [1.54, 1.807) is 11.9 Å². The molecule has 1 fully saturated rings. The van der Waals surface area contributed by atoms with E-state index in [0.717, 1.165) is 6.42 Å². The molecule has 37 heavy (non-hydrogen) atoms. The molecule has 0 spiro atoms. The number of hydrogen-bond donors (Lipinski definition) is 5. The molecule has 0 bridgehead atoms. The van der Waals surface area contributed by atoms with E-state index in [-0.39, 0.29) is 99.6 Å². The Morgan fingerprint density at radius 3 is 2.59 bits per heavy atom. The Morgan fingerprint density at radius 1 is 1.27 bits per heavy atom. The van der Waals surface area contributed by atoms with Gasteiger partial charge in [-0.05, 0) is 32.4 Å². The first-order chi connectivity index (χ1) is 16.7. The molecule has 0 aromatic rings. The number of amides is 2. The maximum atomic E-state index is 13.1. The first-order valence-corrected chi connectivity index (χ1v) is 13.4. The Kier molecular flexibility index (Phi) is 22.4. The van der Waals surface area contributed by atoms with E-state index >= 15 is 0 Å². The molecule has 0 aliphatic carbocycles. The molecule has 2 amide bonds. The first kappa shape index (κ1) is 38.0. The number of nitrogens with one attached hydrogen (secondary N) is 3. The Balaban J connectivity index is 0. The molecule has 211 valence electrons. The zero-order valence-corrected chi connectivity index (χ0v) is 26.0. The quantitative estimate of drug-likeness (QED) is 0.0905. The number of carbonyl (C=O) groups excluding carboxylic acids is 4. The third-order valence-electron chi connectivity index (χ3n) is 6.11. The van der Waals surface area contributed by atoms with Gasteiger partial charge in [0, 0.05) is 64.0 Å². The van der Waals surface area contributed by atoms with Crippen LogP contribution < -0.4 is 27.4 Å². The molecule has 1 saturated heterocycles. The number of thioether (sulfide) groups is 1. The molecule has 9 N–H and O–H groups in total. The topological polar surface area (TPSA) is 206 Å². The molecule has 1 heterocycles. The predicted molar refractivity (Wildman–Crippen MR) is 145 cm³/mol. The van der Waals surface area contributed by atoms with Crippen LogP contribution in [0.1, 0.15) is 46.0 Å². The van der Waals surface area contributed by atoms with Gasteiger partial charge in [-0.3, -0.25) is 19.4 Å². The van der Waals surface area contributed by atoms with E-state index in [0.29, 0.717) is 38.1 Å². The summed E-state index contributed by atoms with van der Waals surface area (Å²) < 4.78 is 0. The molecule has 0 aromatic carbocycles. The summed E-state index contributed by atoms with van der Waals surface area (Å²) in [6.45, 7) is 5.47. The van der Waals surface area contributed by atoms with Crippen molar-refractivity contribution in [1.29, 1.82) is 0 Å². The number of nitrogens with zero attached hydrogens (tertiary/aromatic N) is 2. The van der Waals surface area contributed by atoms with Crippen LogP contribution in [0.2, 0.25) is 0 Å². The van der Waals surface area contributed by atoms with Gasteiger partial charge in [0.1, 0.15) is 0 Å². The van der Waals surface area contributed by atoms with Crippen molar-refractivity contribution in [2.24, 2.45) is 22.4 Å². The zero-order chi connectivity index (χ0) is 26.2. The molecule has 1 aliphatic heterocycles. The first-order valence-electron chi connectivity index (χ1n) is 12.2. The summed E-state index contributed by atoms with van der Waals surface area (Å²) in [4.78, 5) is 54.6. The van der Waals surface area contributed by atoms with E-state index < -0.39 is 12.1 Å². The van der Waals surface area contributed by atoms with Crippen molar-refractivity contribution >= 4 is 41.6 Å². The second kappa shape index (κ2) is 21.8. The standard InChI is InChI=1S/C23H42N7O4S.H2N.Y/c1-4-16(2)18-7-10-26-19(14-35-15-22(34)27-11-8-21(33)29-18)20(32)12-30(3)17(13-31)6-5-9-28-23(24)25;;/h16-19,26H,4-12,14-15H2,1-3H3,(H,27,34)(H,29,33)(H4,24,25,28);1H2;/q2*-1;/t16-,17-,18+,19-;;/m0../s1. The summed E-state index contributed by atoms with van der Waals surface area (Å²) >= 11 is 1.37. The second-order valence-corrected chi connectivity index (χ2v) is 9.96. The van der Waals surface area contributed by atoms with Crippen LogP contribution in [0, 0.1) is 5.92 Å². The number of ketones is 1. The average Bonchev–Trinajstić information content (AvgIpc) is 2.81. The van der Waals surface area contributed by atoms with Crippen LogP contribution in [-0.4, -0.2) is 97.6 Å². The van der Waals surface area contributed by atoms with E-state index in [1.165, 1.54) is 11.8 Å². The van der Waals surface area contributed by atoms with Crippen molar-refractivity contribution in [2.75, 3.05) is 44.7 Å². The molecular formula is C23H44N8O4SY-2. The fourth-order valence-electron chi connectivity index (χ4n) is 3.71. The fourth-order valence-corrected chi connectivity index (χ4v) is 4.65. The zero-order valence-electron chi connectivity index (χ0n) is 22.3. The van der Waals surface area contributed by atoms with Crippen molar-refractivity contribution in [3.05, 3.63) is 6.15 Å². The Bertz CT molecular complexity index is 727. The van der Waals surface area contributed by atoms with Crippen molar-refractivity contribution in [3.63, 3.8) is 0 Å². The molecule has 0 aromatic heterocycles. The molecule has 1 rings (SSSR count). The third-order valence-corrected chi connectivity index (χ3v) is 7.14. The number of aliphatic imine (C=N–C) groups is 1. The van der Waals surface area contributed by atoms with Crippen molar-refractivity contribution in [2.45, 2.75) is 64.1 Å². The van der Waals surface area contributed by atoms with Gasteiger partial charge in [-0.25, -0.2) is 6.29 Å². The van der Waals surface area contributed by atoms with Gasteiger partial charge in [0.2, 0.25) is 11.8 Å².